The van der Waals surface area contributed by atoms with E-state index < -0.39 is 0 Å². The Labute approximate surface area is 206 Å². The molecule has 2 aliphatic rings. The third-order valence-electron chi connectivity index (χ3n) is 6.75. The standard InChI is InChI=1S/C30H28N4O/c1-21-6-5-9-22-10-11-25(19-27(22)32-21)24-12-13-28-26(18-24)20-34(16-17-35-28)29-14-15-31-30(33-29)23-7-3-2-4-8-23/h2-4,7-8,10-15,18-19H,5-6,9,16-17,20H2,1H3. The SMILES string of the molecule is CC1=Nc2cc(-c3ccc4c(c3)CN(c3ccnc(-c5ccccc5)n3)CCO4)ccc2CCC1. The molecule has 174 valence electrons. The van der Waals surface area contributed by atoms with E-state index in [0.29, 0.717) is 6.61 Å². The quantitative estimate of drug-likeness (QED) is 0.344. The van der Waals surface area contributed by atoms with Crippen LogP contribution in [0.3, 0.4) is 0 Å². The molecule has 3 aromatic carbocycles. The monoisotopic (exact) mass is 460 g/mol. The molecule has 0 amide bonds. The minimum absolute atomic E-state index is 0.615. The van der Waals surface area contributed by atoms with Gasteiger partial charge in [0.1, 0.15) is 18.2 Å². The highest BCUT2D eigenvalue weighted by Crippen LogP contribution is 2.34. The Morgan fingerprint density at radius 3 is 2.60 bits per heavy atom. The molecule has 0 atom stereocenters. The van der Waals surface area contributed by atoms with Crippen LogP contribution in [0.1, 0.15) is 30.9 Å². The number of rotatable bonds is 3. The second-order valence-electron chi connectivity index (χ2n) is 9.24. The first-order valence-corrected chi connectivity index (χ1v) is 12.3. The number of hydrogen-bond donors (Lipinski definition) is 0. The molecule has 2 aliphatic heterocycles. The Bertz CT molecular complexity index is 1400. The average Bonchev–Trinajstić information content (AvgIpc) is 3.23. The number of ether oxygens (including phenoxy) is 1. The van der Waals surface area contributed by atoms with E-state index in [2.05, 4.69) is 53.2 Å². The lowest BCUT2D eigenvalue weighted by atomic mass is 9.98. The van der Waals surface area contributed by atoms with Crippen LogP contribution in [0.25, 0.3) is 22.5 Å². The summed E-state index contributed by atoms with van der Waals surface area (Å²) in [4.78, 5) is 16.5. The van der Waals surface area contributed by atoms with Crippen molar-refractivity contribution in [1.29, 1.82) is 0 Å². The van der Waals surface area contributed by atoms with Gasteiger partial charge in [-0.1, -0.05) is 48.5 Å². The summed E-state index contributed by atoms with van der Waals surface area (Å²) >= 11 is 0. The zero-order valence-electron chi connectivity index (χ0n) is 19.9. The van der Waals surface area contributed by atoms with E-state index in [0.717, 1.165) is 60.1 Å². The van der Waals surface area contributed by atoms with Crippen LogP contribution in [0.15, 0.2) is 84.0 Å². The van der Waals surface area contributed by atoms with E-state index in [1.54, 1.807) is 0 Å². The number of aryl methyl sites for hydroxylation is 1. The van der Waals surface area contributed by atoms with Gasteiger partial charge in [0.25, 0.3) is 0 Å². The van der Waals surface area contributed by atoms with E-state index in [4.69, 9.17) is 14.7 Å². The molecular weight excluding hydrogens is 432 g/mol. The number of nitrogens with zero attached hydrogens (tertiary/aromatic N) is 4. The highest BCUT2D eigenvalue weighted by molar-refractivity contribution is 5.86. The Kier molecular flexibility index (Phi) is 5.75. The van der Waals surface area contributed by atoms with Gasteiger partial charge in [-0.3, -0.25) is 4.99 Å². The van der Waals surface area contributed by atoms with Gasteiger partial charge < -0.3 is 9.64 Å². The summed E-state index contributed by atoms with van der Waals surface area (Å²) in [6, 6.07) is 25.3. The molecule has 1 aromatic heterocycles. The second-order valence-corrected chi connectivity index (χ2v) is 9.24. The lowest BCUT2D eigenvalue weighted by Gasteiger charge is -2.21. The van der Waals surface area contributed by atoms with E-state index in [9.17, 15) is 0 Å². The van der Waals surface area contributed by atoms with Crippen molar-refractivity contribution in [2.75, 3.05) is 18.1 Å². The molecule has 6 rings (SSSR count). The molecule has 0 saturated carbocycles. The molecule has 0 spiro atoms. The van der Waals surface area contributed by atoms with Gasteiger partial charge in [0, 0.05) is 29.6 Å². The number of aromatic nitrogens is 2. The third-order valence-corrected chi connectivity index (χ3v) is 6.75. The first-order valence-electron chi connectivity index (χ1n) is 12.3. The normalized spacial score (nSPS) is 15.2. The molecule has 5 nitrogen and oxygen atoms in total. The summed E-state index contributed by atoms with van der Waals surface area (Å²) in [5.41, 5.74) is 8.22. The molecule has 0 radical (unpaired) electrons. The summed E-state index contributed by atoms with van der Waals surface area (Å²) < 4.78 is 6.12. The van der Waals surface area contributed by atoms with Gasteiger partial charge in [-0.15, -0.1) is 0 Å². The fourth-order valence-corrected chi connectivity index (χ4v) is 4.88. The highest BCUT2D eigenvalue weighted by Gasteiger charge is 2.19. The molecule has 4 aromatic rings. The molecule has 0 bridgehead atoms. The first-order chi connectivity index (χ1) is 17.2. The van der Waals surface area contributed by atoms with Gasteiger partial charge in [0.2, 0.25) is 0 Å². The maximum atomic E-state index is 6.12. The summed E-state index contributed by atoms with van der Waals surface area (Å²) in [5.74, 6) is 2.59. The van der Waals surface area contributed by atoms with Crippen LogP contribution in [-0.2, 0) is 13.0 Å². The predicted molar refractivity (Wildman–Crippen MR) is 142 cm³/mol. The van der Waals surface area contributed by atoms with E-state index in [1.165, 1.54) is 28.8 Å². The molecule has 0 fully saturated rings. The van der Waals surface area contributed by atoms with Gasteiger partial charge in [-0.05, 0) is 67.1 Å². The summed E-state index contributed by atoms with van der Waals surface area (Å²) in [5, 5.41) is 0. The Balaban J connectivity index is 1.31. The van der Waals surface area contributed by atoms with Crippen LogP contribution in [-0.4, -0.2) is 28.8 Å². The Hall–Kier alpha value is -3.99. The molecule has 3 heterocycles. The summed E-state index contributed by atoms with van der Waals surface area (Å²) in [7, 11) is 0. The molecule has 0 saturated heterocycles. The summed E-state index contributed by atoms with van der Waals surface area (Å²) in [6.45, 7) is 4.25. The minimum atomic E-state index is 0.615. The van der Waals surface area contributed by atoms with Crippen molar-refractivity contribution in [2.45, 2.75) is 32.7 Å². The van der Waals surface area contributed by atoms with Crippen LogP contribution in [0.5, 0.6) is 5.75 Å². The van der Waals surface area contributed by atoms with Crippen LogP contribution >= 0.6 is 0 Å². The minimum Gasteiger partial charge on any atom is -0.491 e. The van der Waals surface area contributed by atoms with Crippen molar-refractivity contribution in [1.82, 2.24) is 9.97 Å². The van der Waals surface area contributed by atoms with E-state index in [1.807, 2.05) is 42.6 Å². The third kappa shape index (κ3) is 4.54. The van der Waals surface area contributed by atoms with Crippen LogP contribution < -0.4 is 9.64 Å². The fourth-order valence-electron chi connectivity index (χ4n) is 4.88. The zero-order chi connectivity index (χ0) is 23.6. The number of fused-ring (bicyclic) bond motifs is 2. The topological polar surface area (TPSA) is 50.6 Å². The zero-order valence-corrected chi connectivity index (χ0v) is 19.9. The highest BCUT2D eigenvalue weighted by atomic mass is 16.5. The lowest BCUT2D eigenvalue weighted by Crippen LogP contribution is -2.26. The second kappa shape index (κ2) is 9.34. The van der Waals surface area contributed by atoms with Gasteiger partial charge in [0.05, 0.1) is 12.2 Å². The number of aliphatic imine (C=N–C) groups is 1. The fraction of sp³-hybridized carbons (Fsp3) is 0.233. The first kappa shape index (κ1) is 21.5. The molecular formula is C30H28N4O. The maximum Gasteiger partial charge on any atom is 0.161 e. The van der Waals surface area contributed by atoms with Crippen molar-refractivity contribution < 1.29 is 4.74 Å². The van der Waals surface area contributed by atoms with Crippen molar-refractivity contribution in [3.8, 4) is 28.3 Å². The van der Waals surface area contributed by atoms with Crippen molar-refractivity contribution in [3.05, 3.63) is 90.1 Å². The Morgan fingerprint density at radius 2 is 1.69 bits per heavy atom. The molecule has 0 N–H and O–H groups in total. The largest absolute Gasteiger partial charge is 0.491 e. The maximum absolute atomic E-state index is 6.12. The molecule has 0 unspecified atom stereocenters. The van der Waals surface area contributed by atoms with Gasteiger partial charge in [0.15, 0.2) is 5.82 Å². The number of hydrogen-bond acceptors (Lipinski definition) is 5. The van der Waals surface area contributed by atoms with Crippen molar-refractivity contribution >= 4 is 17.2 Å². The lowest BCUT2D eigenvalue weighted by molar-refractivity contribution is 0.331. The number of benzene rings is 3. The average molecular weight is 461 g/mol. The van der Waals surface area contributed by atoms with Crippen LogP contribution in [0, 0.1) is 0 Å². The predicted octanol–water partition coefficient (Wildman–Crippen LogP) is 6.64. The van der Waals surface area contributed by atoms with Crippen LogP contribution in [0.2, 0.25) is 0 Å². The number of anilines is 1. The summed E-state index contributed by atoms with van der Waals surface area (Å²) in [6.07, 6.45) is 5.17. The van der Waals surface area contributed by atoms with E-state index in [-0.39, 0.29) is 0 Å². The van der Waals surface area contributed by atoms with Crippen molar-refractivity contribution in [2.24, 2.45) is 4.99 Å². The molecule has 35 heavy (non-hydrogen) atoms. The van der Waals surface area contributed by atoms with Crippen LogP contribution in [0.4, 0.5) is 11.5 Å². The Morgan fingerprint density at radius 1 is 0.829 bits per heavy atom. The van der Waals surface area contributed by atoms with Gasteiger partial charge >= 0.3 is 0 Å². The smallest absolute Gasteiger partial charge is 0.161 e. The molecule has 0 aliphatic carbocycles. The van der Waals surface area contributed by atoms with Gasteiger partial charge in [-0.2, -0.15) is 0 Å². The van der Waals surface area contributed by atoms with Crippen molar-refractivity contribution in [3.63, 3.8) is 0 Å². The van der Waals surface area contributed by atoms with E-state index >= 15 is 0 Å². The molecule has 5 heteroatoms. The van der Waals surface area contributed by atoms with Gasteiger partial charge in [-0.25, -0.2) is 9.97 Å².